The Balaban J connectivity index is 1.60. The molecule has 0 spiro atoms. The molecular formula is C13H17N5OS. The zero-order valence-corrected chi connectivity index (χ0v) is 12.2. The van der Waals surface area contributed by atoms with Gasteiger partial charge in [0.2, 0.25) is 5.13 Å². The van der Waals surface area contributed by atoms with Gasteiger partial charge >= 0.3 is 0 Å². The quantitative estimate of drug-likeness (QED) is 0.928. The maximum Gasteiger partial charge on any atom is 0.270 e. The molecule has 20 heavy (non-hydrogen) atoms. The fraction of sp³-hybridized carbons (Fsp3) is 0.462. The van der Waals surface area contributed by atoms with Crippen molar-refractivity contribution in [1.82, 2.24) is 19.2 Å². The van der Waals surface area contributed by atoms with Crippen LogP contribution in [0.4, 0.5) is 5.13 Å². The average molecular weight is 291 g/mol. The van der Waals surface area contributed by atoms with Gasteiger partial charge in [-0.1, -0.05) is 6.92 Å². The molecule has 0 saturated carbocycles. The predicted octanol–water partition coefficient (Wildman–Crippen LogP) is 1.39. The number of carbonyl (C=O) groups excluding carboxylic acids is 1. The summed E-state index contributed by atoms with van der Waals surface area (Å²) in [5.74, 6) is 0.969. The fourth-order valence-corrected chi connectivity index (χ4v) is 3.05. The van der Waals surface area contributed by atoms with Gasteiger partial charge in [0.05, 0.1) is 0 Å². The molecule has 0 aromatic carbocycles. The number of hydrogen-bond acceptors (Lipinski definition) is 5. The Hall–Kier alpha value is -1.89. The number of aryl methyl sites for hydroxylation is 1. The van der Waals surface area contributed by atoms with E-state index in [1.54, 1.807) is 6.20 Å². The second-order valence-corrected chi connectivity index (χ2v) is 5.44. The smallest absolute Gasteiger partial charge is 0.270 e. The van der Waals surface area contributed by atoms with Crippen LogP contribution in [-0.2, 0) is 6.42 Å². The lowest BCUT2D eigenvalue weighted by Crippen LogP contribution is -2.48. The summed E-state index contributed by atoms with van der Waals surface area (Å²) in [5, 5.41) is 0.967. The number of hydrogen-bond donors (Lipinski definition) is 1. The highest BCUT2D eigenvalue weighted by Gasteiger charge is 2.24. The van der Waals surface area contributed by atoms with Gasteiger partial charge in [0.1, 0.15) is 11.5 Å². The zero-order chi connectivity index (χ0) is 13.9. The summed E-state index contributed by atoms with van der Waals surface area (Å²) in [4.78, 5) is 23.7. The average Bonchev–Trinajstić information content (AvgIpc) is 3.18. The fourth-order valence-electron chi connectivity index (χ4n) is 2.25. The van der Waals surface area contributed by atoms with E-state index in [0.717, 1.165) is 43.6 Å². The number of nitrogens with zero attached hydrogens (tertiary/aromatic N) is 4. The summed E-state index contributed by atoms with van der Waals surface area (Å²) >= 11 is 1.44. The van der Waals surface area contributed by atoms with Crippen LogP contribution in [0.25, 0.3) is 0 Å². The van der Waals surface area contributed by atoms with E-state index in [1.807, 2.05) is 17.0 Å². The highest BCUT2D eigenvalue weighted by Crippen LogP contribution is 2.19. The van der Waals surface area contributed by atoms with Crippen LogP contribution >= 0.6 is 11.5 Å². The van der Waals surface area contributed by atoms with E-state index in [1.165, 1.54) is 11.5 Å². The number of H-pyrrole nitrogens is 1. The lowest BCUT2D eigenvalue weighted by atomic mass is 10.3. The van der Waals surface area contributed by atoms with E-state index in [-0.39, 0.29) is 5.91 Å². The van der Waals surface area contributed by atoms with Crippen LogP contribution in [-0.4, -0.2) is 51.3 Å². The summed E-state index contributed by atoms with van der Waals surface area (Å²) < 4.78 is 4.31. The summed E-state index contributed by atoms with van der Waals surface area (Å²) in [7, 11) is 0. The predicted molar refractivity (Wildman–Crippen MR) is 78.2 cm³/mol. The Morgan fingerprint density at radius 2 is 2.20 bits per heavy atom. The van der Waals surface area contributed by atoms with Crippen molar-refractivity contribution in [3.05, 3.63) is 29.8 Å². The molecule has 0 bridgehead atoms. The van der Waals surface area contributed by atoms with Crippen LogP contribution in [0.3, 0.4) is 0 Å². The lowest BCUT2D eigenvalue weighted by molar-refractivity contribution is 0.0741. The third kappa shape index (κ3) is 2.53. The Morgan fingerprint density at radius 3 is 2.80 bits per heavy atom. The SMILES string of the molecule is CCc1nsc(N2CCN(C(=O)c3ccc[nH]3)CC2)n1. The van der Waals surface area contributed by atoms with Gasteiger partial charge in [-0.25, -0.2) is 4.98 Å². The number of rotatable bonds is 3. The van der Waals surface area contributed by atoms with Crippen LogP contribution in [0.1, 0.15) is 23.2 Å². The van der Waals surface area contributed by atoms with E-state index in [4.69, 9.17) is 0 Å². The molecule has 1 fully saturated rings. The van der Waals surface area contributed by atoms with E-state index < -0.39 is 0 Å². The van der Waals surface area contributed by atoms with Crippen molar-refractivity contribution in [2.75, 3.05) is 31.1 Å². The van der Waals surface area contributed by atoms with Crippen molar-refractivity contribution < 1.29 is 4.79 Å². The Morgan fingerprint density at radius 1 is 1.40 bits per heavy atom. The van der Waals surface area contributed by atoms with Gasteiger partial charge in [0.15, 0.2) is 0 Å². The summed E-state index contributed by atoms with van der Waals surface area (Å²) in [5.41, 5.74) is 0.655. The first-order chi connectivity index (χ1) is 9.78. The highest BCUT2D eigenvalue weighted by atomic mass is 32.1. The van der Waals surface area contributed by atoms with Crippen LogP contribution in [0.15, 0.2) is 18.3 Å². The van der Waals surface area contributed by atoms with Gasteiger partial charge in [-0.15, -0.1) is 0 Å². The number of amides is 1. The van der Waals surface area contributed by atoms with Crippen molar-refractivity contribution in [3.8, 4) is 0 Å². The molecule has 1 amide bonds. The minimum atomic E-state index is 0.0705. The van der Waals surface area contributed by atoms with E-state index in [2.05, 4.69) is 26.2 Å². The maximum absolute atomic E-state index is 12.2. The highest BCUT2D eigenvalue weighted by molar-refractivity contribution is 7.09. The first-order valence-corrected chi connectivity index (χ1v) is 7.55. The number of aromatic nitrogens is 3. The third-order valence-corrected chi connectivity index (χ3v) is 4.25. The normalized spacial score (nSPS) is 15.7. The minimum absolute atomic E-state index is 0.0705. The Labute approximate surface area is 121 Å². The molecule has 7 heteroatoms. The Bertz CT molecular complexity index is 571. The second kappa shape index (κ2) is 5.62. The summed E-state index contributed by atoms with van der Waals surface area (Å²) in [6.45, 7) is 5.12. The van der Waals surface area contributed by atoms with Gasteiger partial charge in [-0.3, -0.25) is 4.79 Å². The molecule has 0 atom stereocenters. The first-order valence-electron chi connectivity index (χ1n) is 6.78. The first kappa shape index (κ1) is 13.1. The molecule has 106 valence electrons. The van der Waals surface area contributed by atoms with Gasteiger partial charge < -0.3 is 14.8 Å². The molecule has 0 radical (unpaired) electrons. The van der Waals surface area contributed by atoms with Gasteiger partial charge in [-0.05, 0) is 12.1 Å². The number of anilines is 1. The van der Waals surface area contributed by atoms with Gasteiger partial charge in [-0.2, -0.15) is 4.37 Å². The van der Waals surface area contributed by atoms with Gasteiger partial charge in [0.25, 0.3) is 5.91 Å². The molecule has 0 unspecified atom stereocenters. The molecular weight excluding hydrogens is 274 g/mol. The van der Waals surface area contributed by atoms with Crippen LogP contribution < -0.4 is 4.90 Å². The molecule has 2 aromatic heterocycles. The molecule has 1 saturated heterocycles. The van der Waals surface area contributed by atoms with Crippen molar-refractivity contribution in [1.29, 1.82) is 0 Å². The Kier molecular flexibility index (Phi) is 3.68. The van der Waals surface area contributed by atoms with E-state index in [0.29, 0.717) is 5.69 Å². The van der Waals surface area contributed by atoms with Crippen molar-refractivity contribution in [2.45, 2.75) is 13.3 Å². The molecule has 3 rings (SSSR count). The minimum Gasteiger partial charge on any atom is -0.357 e. The van der Waals surface area contributed by atoms with Crippen molar-refractivity contribution >= 4 is 22.6 Å². The largest absolute Gasteiger partial charge is 0.357 e. The van der Waals surface area contributed by atoms with Crippen molar-refractivity contribution in [3.63, 3.8) is 0 Å². The standard InChI is InChI=1S/C13H17N5OS/c1-2-11-15-13(20-16-11)18-8-6-17(7-9-18)12(19)10-4-3-5-14-10/h3-5,14H,2,6-9H2,1H3. The van der Waals surface area contributed by atoms with Crippen molar-refractivity contribution in [2.24, 2.45) is 0 Å². The number of carbonyl (C=O) groups is 1. The van der Waals surface area contributed by atoms with E-state index in [9.17, 15) is 4.79 Å². The topological polar surface area (TPSA) is 65.1 Å². The molecule has 6 nitrogen and oxygen atoms in total. The maximum atomic E-state index is 12.2. The molecule has 2 aromatic rings. The lowest BCUT2D eigenvalue weighted by Gasteiger charge is -2.34. The van der Waals surface area contributed by atoms with Gasteiger partial charge in [0, 0.05) is 50.3 Å². The molecule has 3 heterocycles. The molecule has 1 N–H and O–H groups in total. The molecule has 0 aliphatic carbocycles. The number of piperazine rings is 1. The number of nitrogens with one attached hydrogen (secondary N) is 1. The molecule has 1 aliphatic heterocycles. The summed E-state index contributed by atoms with van der Waals surface area (Å²) in [6, 6.07) is 3.66. The zero-order valence-electron chi connectivity index (χ0n) is 11.4. The number of aromatic amines is 1. The monoisotopic (exact) mass is 291 g/mol. The summed E-state index contributed by atoms with van der Waals surface area (Å²) in [6.07, 6.45) is 2.64. The van der Waals surface area contributed by atoms with Crippen LogP contribution in [0.2, 0.25) is 0 Å². The van der Waals surface area contributed by atoms with Crippen LogP contribution in [0, 0.1) is 0 Å². The molecule has 1 aliphatic rings. The third-order valence-electron chi connectivity index (χ3n) is 3.44. The van der Waals surface area contributed by atoms with E-state index >= 15 is 0 Å². The second-order valence-electron chi connectivity index (χ2n) is 4.71. The van der Waals surface area contributed by atoms with Crippen LogP contribution in [0.5, 0.6) is 0 Å².